The molecule has 2 N–H and O–H groups in total. The van der Waals surface area contributed by atoms with E-state index in [0.717, 1.165) is 0 Å². The van der Waals surface area contributed by atoms with Crippen molar-refractivity contribution in [1.29, 1.82) is 0 Å². The standard InChI is InChI=1S/C8H8F5NO3/c9-7(10)2-3(7)1-4(5(15)16)14-6(17)8(11,12)13/h3-4H,1-2H2,(H,14,17)(H,15,16). The van der Waals surface area contributed by atoms with Gasteiger partial charge in [-0.2, -0.15) is 13.2 Å². The molecule has 1 saturated carbocycles. The molecule has 9 heteroatoms. The Labute approximate surface area is 91.8 Å². The van der Waals surface area contributed by atoms with Crippen LogP contribution < -0.4 is 5.32 Å². The van der Waals surface area contributed by atoms with Gasteiger partial charge in [-0.25, -0.2) is 13.6 Å². The first-order chi connectivity index (χ1) is 7.54. The number of amides is 1. The van der Waals surface area contributed by atoms with Crippen LogP contribution in [0.1, 0.15) is 12.8 Å². The summed E-state index contributed by atoms with van der Waals surface area (Å²) in [5, 5.41) is 9.68. The maximum Gasteiger partial charge on any atom is 0.471 e. The summed E-state index contributed by atoms with van der Waals surface area (Å²) in [6.45, 7) is 0. The monoisotopic (exact) mass is 261 g/mol. The highest BCUT2D eigenvalue weighted by Gasteiger charge is 2.58. The third-order valence-electron chi connectivity index (χ3n) is 2.34. The second-order valence-electron chi connectivity index (χ2n) is 3.76. The predicted octanol–water partition coefficient (Wildman–Crippen LogP) is 1.16. The Bertz CT molecular complexity index is 341. The van der Waals surface area contributed by atoms with Gasteiger partial charge >= 0.3 is 18.1 Å². The Morgan fingerprint density at radius 2 is 1.88 bits per heavy atom. The van der Waals surface area contributed by atoms with E-state index in [9.17, 15) is 31.5 Å². The molecule has 0 spiro atoms. The normalized spacial score (nSPS) is 23.9. The number of aliphatic carboxylic acids is 1. The molecule has 0 aromatic rings. The molecule has 4 nitrogen and oxygen atoms in total. The second kappa shape index (κ2) is 4.11. The quantitative estimate of drug-likeness (QED) is 0.746. The highest BCUT2D eigenvalue weighted by molar-refractivity contribution is 5.86. The van der Waals surface area contributed by atoms with Crippen LogP contribution in [0.25, 0.3) is 0 Å². The summed E-state index contributed by atoms with van der Waals surface area (Å²) in [4.78, 5) is 21.0. The van der Waals surface area contributed by atoms with Crippen LogP contribution in [0.5, 0.6) is 0 Å². The first kappa shape index (κ1) is 13.7. The molecular formula is C8H8F5NO3. The number of halogens is 5. The number of rotatable bonds is 4. The van der Waals surface area contributed by atoms with Crippen molar-refractivity contribution in [2.45, 2.75) is 31.0 Å². The van der Waals surface area contributed by atoms with Gasteiger partial charge in [-0.1, -0.05) is 0 Å². The van der Waals surface area contributed by atoms with Gasteiger partial charge in [0.05, 0.1) is 0 Å². The number of alkyl halides is 5. The average molecular weight is 261 g/mol. The van der Waals surface area contributed by atoms with E-state index in [4.69, 9.17) is 5.11 Å². The van der Waals surface area contributed by atoms with E-state index in [1.807, 2.05) is 0 Å². The first-order valence-corrected chi connectivity index (χ1v) is 4.52. The highest BCUT2D eigenvalue weighted by atomic mass is 19.4. The molecule has 1 fully saturated rings. The molecule has 0 saturated heterocycles. The Hall–Kier alpha value is -1.41. The molecule has 98 valence electrons. The van der Waals surface area contributed by atoms with Crippen molar-refractivity contribution in [2.75, 3.05) is 0 Å². The van der Waals surface area contributed by atoms with Crippen LogP contribution in [0.4, 0.5) is 22.0 Å². The van der Waals surface area contributed by atoms with Crippen molar-refractivity contribution in [3.8, 4) is 0 Å². The summed E-state index contributed by atoms with van der Waals surface area (Å²) in [6.07, 6.45) is -6.53. The van der Waals surface area contributed by atoms with Gasteiger partial charge in [-0.15, -0.1) is 0 Å². The predicted molar refractivity (Wildman–Crippen MR) is 43.3 cm³/mol. The molecule has 1 rings (SSSR count). The number of carboxylic acids is 1. The molecular weight excluding hydrogens is 253 g/mol. The zero-order valence-electron chi connectivity index (χ0n) is 8.22. The van der Waals surface area contributed by atoms with Gasteiger partial charge in [0.15, 0.2) is 0 Å². The van der Waals surface area contributed by atoms with Crippen molar-refractivity contribution in [3.05, 3.63) is 0 Å². The molecule has 17 heavy (non-hydrogen) atoms. The molecule has 1 aliphatic carbocycles. The molecule has 1 aliphatic rings. The van der Waals surface area contributed by atoms with E-state index >= 15 is 0 Å². The number of carboxylic acid groups (broad SMARTS) is 1. The van der Waals surface area contributed by atoms with Gasteiger partial charge < -0.3 is 10.4 Å². The van der Waals surface area contributed by atoms with Gasteiger partial charge in [-0.3, -0.25) is 4.79 Å². The Morgan fingerprint density at radius 1 is 1.41 bits per heavy atom. The minimum absolute atomic E-state index is 0.571. The summed E-state index contributed by atoms with van der Waals surface area (Å²) in [5.41, 5.74) is 0. The molecule has 0 radical (unpaired) electrons. The summed E-state index contributed by atoms with van der Waals surface area (Å²) < 4.78 is 60.4. The summed E-state index contributed by atoms with van der Waals surface area (Å²) in [6, 6.07) is -1.96. The zero-order valence-corrected chi connectivity index (χ0v) is 8.22. The van der Waals surface area contributed by atoms with Crippen LogP contribution in [0.2, 0.25) is 0 Å². The van der Waals surface area contributed by atoms with E-state index in [1.165, 1.54) is 5.32 Å². The van der Waals surface area contributed by atoms with Crippen molar-refractivity contribution < 1.29 is 36.6 Å². The van der Waals surface area contributed by atoms with Crippen LogP contribution >= 0.6 is 0 Å². The van der Waals surface area contributed by atoms with Crippen LogP contribution in [-0.4, -0.2) is 35.1 Å². The summed E-state index contributed by atoms with van der Waals surface area (Å²) >= 11 is 0. The van der Waals surface area contributed by atoms with Crippen molar-refractivity contribution >= 4 is 11.9 Å². The fraction of sp³-hybridized carbons (Fsp3) is 0.750. The van der Waals surface area contributed by atoms with Gasteiger partial charge in [0.25, 0.3) is 5.92 Å². The number of hydrogen-bond acceptors (Lipinski definition) is 2. The lowest BCUT2D eigenvalue weighted by Crippen LogP contribution is -2.47. The SMILES string of the molecule is O=C(O)C(CC1CC1(F)F)NC(=O)C(F)(F)F. The molecule has 2 unspecified atom stereocenters. The Balaban J connectivity index is 2.56. The lowest BCUT2D eigenvalue weighted by atomic mass is 10.1. The van der Waals surface area contributed by atoms with E-state index < -0.39 is 48.8 Å². The van der Waals surface area contributed by atoms with Crippen LogP contribution in [0.3, 0.4) is 0 Å². The number of hydrogen-bond donors (Lipinski definition) is 2. The zero-order chi connectivity index (χ0) is 13.4. The van der Waals surface area contributed by atoms with Crippen molar-refractivity contribution in [3.63, 3.8) is 0 Å². The molecule has 0 aromatic heterocycles. The van der Waals surface area contributed by atoms with E-state index in [-0.39, 0.29) is 0 Å². The molecule has 0 bridgehead atoms. The van der Waals surface area contributed by atoms with Gasteiger partial charge in [0.2, 0.25) is 0 Å². The molecule has 0 heterocycles. The van der Waals surface area contributed by atoms with E-state index in [2.05, 4.69) is 0 Å². The summed E-state index contributed by atoms with van der Waals surface area (Å²) in [5.74, 6) is -8.56. The third kappa shape index (κ3) is 3.53. The largest absolute Gasteiger partial charge is 0.480 e. The van der Waals surface area contributed by atoms with E-state index in [0.29, 0.717) is 0 Å². The summed E-state index contributed by atoms with van der Waals surface area (Å²) in [7, 11) is 0. The second-order valence-corrected chi connectivity index (χ2v) is 3.76. The maximum absolute atomic E-state index is 12.5. The van der Waals surface area contributed by atoms with Crippen LogP contribution in [-0.2, 0) is 9.59 Å². The lowest BCUT2D eigenvalue weighted by molar-refractivity contribution is -0.175. The molecule has 2 atom stereocenters. The van der Waals surface area contributed by atoms with Crippen LogP contribution in [0, 0.1) is 5.92 Å². The van der Waals surface area contributed by atoms with Gasteiger partial charge in [0, 0.05) is 12.3 Å². The van der Waals surface area contributed by atoms with Crippen molar-refractivity contribution in [1.82, 2.24) is 5.32 Å². The molecule has 0 aromatic carbocycles. The minimum Gasteiger partial charge on any atom is -0.480 e. The van der Waals surface area contributed by atoms with E-state index in [1.54, 1.807) is 0 Å². The smallest absolute Gasteiger partial charge is 0.471 e. The topological polar surface area (TPSA) is 66.4 Å². The number of carbonyl (C=O) groups excluding carboxylic acids is 1. The van der Waals surface area contributed by atoms with Crippen LogP contribution in [0.15, 0.2) is 0 Å². The first-order valence-electron chi connectivity index (χ1n) is 4.52. The average Bonchev–Trinajstić information content (AvgIpc) is 2.70. The Morgan fingerprint density at radius 3 is 2.18 bits per heavy atom. The lowest BCUT2D eigenvalue weighted by Gasteiger charge is -2.15. The highest BCUT2D eigenvalue weighted by Crippen LogP contribution is 2.51. The maximum atomic E-state index is 12.5. The molecule has 1 amide bonds. The fourth-order valence-electron chi connectivity index (χ4n) is 1.27. The Kier molecular flexibility index (Phi) is 3.30. The number of carbonyl (C=O) groups is 2. The minimum atomic E-state index is -5.24. The van der Waals surface area contributed by atoms with Crippen molar-refractivity contribution in [2.24, 2.45) is 5.92 Å². The number of nitrogens with one attached hydrogen (secondary N) is 1. The van der Waals surface area contributed by atoms with Gasteiger partial charge in [-0.05, 0) is 6.42 Å². The fourth-order valence-corrected chi connectivity index (χ4v) is 1.27. The molecule has 0 aliphatic heterocycles. The third-order valence-corrected chi connectivity index (χ3v) is 2.34. The van der Waals surface area contributed by atoms with Gasteiger partial charge in [0.1, 0.15) is 6.04 Å².